The molecule has 0 fully saturated rings. The fraction of sp³-hybridized carbons (Fsp3) is 0.250. The van der Waals surface area contributed by atoms with Gasteiger partial charge in [0.05, 0.1) is 12.2 Å². The zero-order valence-corrected chi connectivity index (χ0v) is 13.6. The Kier molecular flexibility index (Phi) is 4.77. The number of carbonyl (C=O) groups is 1. The molecule has 0 unspecified atom stereocenters. The van der Waals surface area contributed by atoms with E-state index in [9.17, 15) is 4.79 Å². The van der Waals surface area contributed by atoms with Crippen LogP contribution < -0.4 is 0 Å². The minimum Gasteiger partial charge on any atom is -0.340 e. The number of benzene rings is 1. The summed E-state index contributed by atoms with van der Waals surface area (Å²) in [6, 6.07) is 10.1. The van der Waals surface area contributed by atoms with Gasteiger partial charge in [0.25, 0.3) is 0 Å². The number of carbonyl (C=O) groups excluding carboxylic acids is 1. The minimum atomic E-state index is 0.0768. The summed E-state index contributed by atoms with van der Waals surface area (Å²) in [6.45, 7) is 1.10. The largest absolute Gasteiger partial charge is 0.340 e. The van der Waals surface area contributed by atoms with E-state index < -0.39 is 0 Å². The van der Waals surface area contributed by atoms with Crippen LogP contribution in [0.3, 0.4) is 0 Å². The van der Waals surface area contributed by atoms with Crippen LogP contribution in [0.1, 0.15) is 12.1 Å². The maximum absolute atomic E-state index is 12.2. The first kappa shape index (κ1) is 15.4. The van der Waals surface area contributed by atoms with Crippen LogP contribution in [0.15, 0.2) is 48.4 Å². The second-order valence-corrected chi connectivity index (χ2v) is 6.07. The van der Waals surface area contributed by atoms with Gasteiger partial charge in [-0.1, -0.05) is 30.3 Å². The first-order valence-electron chi connectivity index (χ1n) is 7.28. The zero-order valence-electron chi connectivity index (χ0n) is 12.8. The smallest absolute Gasteiger partial charge is 0.224 e. The molecule has 0 saturated carbocycles. The number of nitrogens with zero attached hydrogens (tertiary/aromatic N) is 5. The molecule has 0 bridgehead atoms. The highest BCUT2D eigenvalue weighted by atomic mass is 32.1. The van der Waals surface area contributed by atoms with Crippen molar-refractivity contribution in [3.8, 4) is 10.6 Å². The molecule has 118 valence electrons. The van der Waals surface area contributed by atoms with Crippen LogP contribution in [0, 0.1) is 0 Å². The quantitative estimate of drug-likeness (QED) is 0.697. The third-order valence-corrected chi connectivity index (χ3v) is 4.39. The molecule has 7 heteroatoms. The molecule has 3 rings (SSSR count). The van der Waals surface area contributed by atoms with Gasteiger partial charge in [-0.15, -0.1) is 21.5 Å². The first-order valence-corrected chi connectivity index (χ1v) is 8.16. The molecule has 2 aromatic heterocycles. The number of hydrogen-bond donors (Lipinski definition) is 0. The number of amides is 1. The average molecular weight is 327 g/mol. The lowest BCUT2D eigenvalue weighted by Gasteiger charge is -2.15. The number of thiazole rings is 1. The molecule has 0 radical (unpaired) electrons. The second kappa shape index (κ2) is 7.15. The molecule has 0 aliphatic heterocycles. The Balaban J connectivity index is 1.56. The molecule has 6 nitrogen and oxygen atoms in total. The van der Waals surface area contributed by atoms with Gasteiger partial charge in [-0.2, -0.15) is 0 Å². The molecule has 0 N–H and O–H groups in total. The van der Waals surface area contributed by atoms with E-state index in [1.165, 1.54) is 0 Å². The second-order valence-electron chi connectivity index (χ2n) is 5.21. The lowest BCUT2D eigenvalue weighted by Crippen LogP contribution is -2.27. The Morgan fingerprint density at radius 2 is 1.96 bits per heavy atom. The maximum atomic E-state index is 12.2. The molecule has 0 aliphatic carbocycles. The summed E-state index contributed by atoms with van der Waals surface area (Å²) < 4.78 is 1.79. The third kappa shape index (κ3) is 4.01. The van der Waals surface area contributed by atoms with Crippen molar-refractivity contribution in [1.29, 1.82) is 0 Å². The van der Waals surface area contributed by atoms with Gasteiger partial charge < -0.3 is 9.47 Å². The van der Waals surface area contributed by atoms with E-state index in [-0.39, 0.29) is 5.91 Å². The van der Waals surface area contributed by atoms with Crippen LogP contribution in [-0.2, 0) is 17.9 Å². The van der Waals surface area contributed by atoms with E-state index in [0.29, 0.717) is 19.5 Å². The fourth-order valence-corrected chi connectivity index (χ4v) is 2.99. The van der Waals surface area contributed by atoms with Crippen LogP contribution in [0.5, 0.6) is 0 Å². The summed E-state index contributed by atoms with van der Waals surface area (Å²) in [6.07, 6.45) is 3.64. The lowest BCUT2D eigenvalue weighted by atomic mass is 10.2. The molecule has 0 atom stereocenters. The highest BCUT2D eigenvalue weighted by Gasteiger charge is 2.12. The number of aryl methyl sites for hydroxylation is 1. The summed E-state index contributed by atoms with van der Waals surface area (Å²) in [5, 5.41) is 10.4. The van der Waals surface area contributed by atoms with E-state index in [1.54, 1.807) is 40.5 Å². The summed E-state index contributed by atoms with van der Waals surface area (Å²) in [7, 11) is 1.80. The Hall–Kier alpha value is -2.54. The van der Waals surface area contributed by atoms with Gasteiger partial charge >= 0.3 is 0 Å². The van der Waals surface area contributed by atoms with Gasteiger partial charge in [0.2, 0.25) is 5.91 Å². The Labute approximate surface area is 138 Å². The highest BCUT2D eigenvalue weighted by Crippen LogP contribution is 2.23. The van der Waals surface area contributed by atoms with Crippen LogP contribution in [0.4, 0.5) is 0 Å². The van der Waals surface area contributed by atoms with E-state index >= 15 is 0 Å². The number of aromatic nitrogens is 4. The molecule has 1 aromatic carbocycles. The number of rotatable bonds is 6. The molecular formula is C16H17N5OS. The summed E-state index contributed by atoms with van der Waals surface area (Å²) in [5.74, 6) is 0.0768. The Bertz CT molecular complexity index is 754. The van der Waals surface area contributed by atoms with Gasteiger partial charge in [-0.3, -0.25) is 4.79 Å². The molecule has 0 aliphatic rings. The van der Waals surface area contributed by atoms with Gasteiger partial charge in [0.1, 0.15) is 17.7 Å². The van der Waals surface area contributed by atoms with Crippen LogP contribution in [0.2, 0.25) is 0 Å². The van der Waals surface area contributed by atoms with Crippen molar-refractivity contribution in [3.63, 3.8) is 0 Å². The van der Waals surface area contributed by atoms with Gasteiger partial charge in [0, 0.05) is 31.0 Å². The highest BCUT2D eigenvalue weighted by molar-refractivity contribution is 7.13. The average Bonchev–Trinajstić information content (AvgIpc) is 3.25. The van der Waals surface area contributed by atoms with Crippen LogP contribution >= 0.6 is 11.3 Å². The molecule has 2 heterocycles. The van der Waals surface area contributed by atoms with Crippen molar-refractivity contribution >= 4 is 17.2 Å². The molecule has 0 saturated heterocycles. The SMILES string of the molecule is CN(Cc1csc(-c2ccccc2)n1)C(=O)CCn1cnnc1. The van der Waals surface area contributed by atoms with Crippen LogP contribution in [0.25, 0.3) is 10.6 Å². The van der Waals surface area contributed by atoms with E-state index in [0.717, 1.165) is 16.3 Å². The normalized spacial score (nSPS) is 10.7. The monoisotopic (exact) mass is 327 g/mol. The number of hydrogen-bond acceptors (Lipinski definition) is 5. The standard InChI is InChI=1S/C16H17N5OS/c1-20(15(22)7-8-21-11-17-18-12-21)9-14-10-23-16(19-14)13-5-3-2-4-6-13/h2-6,10-12H,7-9H2,1H3. The summed E-state index contributed by atoms with van der Waals surface area (Å²) in [5.41, 5.74) is 2.01. The Morgan fingerprint density at radius 3 is 2.70 bits per heavy atom. The van der Waals surface area contributed by atoms with Crippen molar-refractivity contribution in [3.05, 3.63) is 54.1 Å². The molecule has 1 amide bonds. The van der Waals surface area contributed by atoms with Gasteiger partial charge in [-0.05, 0) is 0 Å². The first-order chi connectivity index (χ1) is 11.2. The summed E-state index contributed by atoms with van der Waals surface area (Å²) in [4.78, 5) is 18.5. The van der Waals surface area contributed by atoms with Crippen molar-refractivity contribution in [2.75, 3.05) is 7.05 Å². The molecule has 0 spiro atoms. The maximum Gasteiger partial charge on any atom is 0.224 e. The minimum absolute atomic E-state index is 0.0768. The lowest BCUT2D eigenvalue weighted by molar-refractivity contribution is -0.130. The van der Waals surface area contributed by atoms with Gasteiger partial charge in [-0.25, -0.2) is 4.98 Å². The predicted octanol–water partition coefficient (Wildman–Crippen LogP) is 2.45. The summed E-state index contributed by atoms with van der Waals surface area (Å²) >= 11 is 1.60. The topological polar surface area (TPSA) is 63.9 Å². The van der Waals surface area contributed by atoms with E-state index in [4.69, 9.17) is 0 Å². The zero-order chi connectivity index (χ0) is 16.1. The fourth-order valence-electron chi connectivity index (χ4n) is 2.18. The third-order valence-electron chi connectivity index (χ3n) is 3.45. The van der Waals surface area contributed by atoms with Crippen molar-refractivity contribution in [2.45, 2.75) is 19.5 Å². The van der Waals surface area contributed by atoms with Crippen molar-refractivity contribution < 1.29 is 4.79 Å². The predicted molar refractivity (Wildman–Crippen MR) is 88.7 cm³/mol. The van der Waals surface area contributed by atoms with Crippen molar-refractivity contribution in [1.82, 2.24) is 24.6 Å². The van der Waals surface area contributed by atoms with Gasteiger partial charge in [0.15, 0.2) is 0 Å². The van der Waals surface area contributed by atoms with E-state index in [1.807, 2.05) is 35.7 Å². The van der Waals surface area contributed by atoms with E-state index in [2.05, 4.69) is 15.2 Å². The van der Waals surface area contributed by atoms with Crippen LogP contribution in [-0.4, -0.2) is 37.6 Å². The van der Waals surface area contributed by atoms with Crippen molar-refractivity contribution in [2.24, 2.45) is 0 Å². The molecule has 23 heavy (non-hydrogen) atoms. The molecular weight excluding hydrogens is 310 g/mol. The molecule has 3 aromatic rings. The Morgan fingerprint density at radius 1 is 1.22 bits per heavy atom.